The van der Waals surface area contributed by atoms with E-state index in [1.54, 1.807) is 0 Å². The molecule has 3 nitrogen and oxygen atoms in total. The highest BCUT2D eigenvalue weighted by Gasteiger charge is 2.15. The molecule has 0 saturated carbocycles. The summed E-state index contributed by atoms with van der Waals surface area (Å²) in [7, 11) is 0. The van der Waals surface area contributed by atoms with Gasteiger partial charge >= 0.3 is 0 Å². The monoisotopic (exact) mass is 435 g/mol. The van der Waals surface area contributed by atoms with Crippen molar-refractivity contribution in [3.05, 3.63) is 127 Å². The van der Waals surface area contributed by atoms with Gasteiger partial charge in [-0.3, -0.25) is 0 Å². The van der Waals surface area contributed by atoms with Gasteiger partial charge in [0.05, 0.1) is 0 Å². The van der Waals surface area contributed by atoms with Crippen molar-refractivity contribution in [3.63, 3.8) is 0 Å². The van der Waals surface area contributed by atoms with Crippen LogP contribution in [0.2, 0.25) is 0 Å². The molecule has 6 rings (SSSR count). The maximum Gasteiger partial charge on any atom is 0.164 e. The maximum absolute atomic E-state index is 4.93. The summed E-state index contributed by atoms with van der Waals surface area (Å²) in [4.78, 5) is 14.7. The third-order valence-corrected chi connectivity index (χ3v) is 5.95. The Morgan fingerprint density at radius 1 is 0.294 bits per heavy atom. The lowest BCUT2D eigenvalue weighted by atomic mass is 9.95. The van der Waals surface area contributed by atoms with E-state index in [-0.39, 0.29) is 0 Å². The third-order valence-electron chi connectivity index (χ3n) is 5.95. The number of benzene rings is 5. The van der Waals surface area contributed by atoms with E-state index in [9.17, 15) is 0 Å². The van der Waals surface area contributed by atoms with Crippen LogP contribution in [0.1, 0.15) is 0 Å². The van der Waals surface area contributed by atoms with Crippen molar-refractivity contribution < 1.29 is 0 Å². The van der Waals surface area contributed by atoms with Crippen LogP contribution in [0.5, 0.6) is 0 Å². The zero-order valence-corrected chi connectivity index (χ0v) is 18.5. The van der Waals surface area contributed by atoms with Crippen LogP contribution >= 0.6 is 0 Å². The summed E-state index contributed by atoms with van der Waals surface area (Å²) < 4.78 is 0. The van der Waals surface area contributed by atoms with Crippen molar-refractivity contribution in [1.82, 2.24) is 15.0 Å². The van der Waals surface area contributed by atoms with Crippen molar-refractivity contribution in [3.8, 4) is 45.3 Å². The van der Waals surface area contributed by atoms with E-state index >= 15 is 0 Å². The predicted octanol–water partition coefficient (Wildman–Crippen LogP) is 7.69. The van der Waals surface area contributed by atoms with Crippen molar-refractivity contribution in [2.75, 3.05) is 0 Å². The van der Waals surface area contributed by atoms with Crippen molar-refractivity contribution in [1.29, 1.82) is 0 Å². The van der Waals surface area contributed by atoms with Gasteiger partial charge in [-0.15, -0.1) is 0 Å². The average Bonchev–Trinajstić information content (AvgIpc) is 2.93. The highest BCUT2D eigenvalue weighted by atomic mass is 15.0. The molecule has 0 fully saturated rings. The molecule has 1 heterocycles. The van der Waals surface area contributed by atoms with Gasteiger partial charge in [0.25, 0.3) is 0 Å². The van der Waals surface area contributed by atoms with Gasteiger partial charge in [0.2, 0.25) is 0 Å². The van der Waals surface area contributed by atoms with Gasteiger partial charge in [-0.05, 0) is 21.9 Å². The average molecular weight is 436 g/mol. The summed E-state index contributed by atoms with van der Waals surface area (Å²) in [6.07, 6.45) is 0. The Balaban J connectivity index is 1.59. The van der Waals surface area contributed by atoms with E-state index in [0.717, 1.165) is 22.1 Å². The normalized spacial score (nSPS) is 10.9. The summed E-state index contributed by atoms with van der Waals surface area (Å²) in [6.45, 7) is 0. The fourth-order valence-electron chi connectivity index (χ4n) is 4.30. The molecule has 0 N–H and O–H groups in total. The quantitative estimate of drug-likeness (QED) is 0.285. The second kappa shape index (κ2) is 8.72. The van der Waals surface area contributed by atoms with E-state index in [4.69, 9.17) is 15.0 Å². The van der Waals surface area contributed by atoms with Gasteiger partial charge in [0.1, 0.15) is 0 Å². The van der Waals surface area contributed by atoms with E-state index < -0.39 is 0 Å². The fourth-order valence-corrected chi connectivity index (χ4v) is 4.30. The summed E-state index contributed by atoms with van der Waals surface area (Å²) in [5.74, 6) is 2.00. The van der Waals surface area contributed by atoms with Crippen LogP contribution in [0.3, 0.4) is 0 Å². The highest BCUT2D eigenvalue weighted by molar-refractivity contribution is 6.03. The van der Waals surface area contributed by atoms with Gasteiger partial charge in [-0.2, -0.15) is 0 Å². The largest absolute Gasteiger partial charge is 0.208 e. The number of fused-ring (bicyclic) bond motifs is 1. The van der Waals surface area contributed by atoms with E-state index in [2.05, 4.69) is 60.7 Å². The minimum absolute atomic E-state index is 0.667. The van der Waals surface area contributed by atoms with E-state index in [1.165, 1.54) is 16.5 Å². The first-order valence-corrected chi connectivity index (χ1v) is 11.3. The molecule has 0 bridgehead atoms. The van der Waals surface area contributed by atoms with Gasteiger partial charge < -0.3 is 0 Å². The number of aromatic nitrogens is 3. The first-order chi connectivity index (χ1) is 16.9. The second-order valence-corrected chi connectivity index (χ2v) is 8.11. The molecule has 0 aliphatic carbocycles. The molecule has 160 valence electrons. The molecule has 0 atom stereocenters. The lowest BCUT2D eigenvalue weighted by Crippen LogP contribution is -2.00. The Bertz CT molecular complexity index is 1520. The molecule has 0 unspecified atom stereocenters. The Labute approximate surface area is 198 Å². The van der Waals surface area contributed by atoms with Crippen molar-refractivity contribution in [2.45, 2.75) is 0 Å². The molecule has 5 aromatic carbocycles. The van der Waals surface area contributed by atoms with Gasteiger partial charge in [0.15, 0.2) is 17.5 Å². The second-order valence-electron chi connectivity index (χ2n) is 8.11. The summed E-state index contributed by atoms with van der Waals surface area (Å²) in [5, 5.41) is 2.29. The fraction of sp³-hybridized carbons (Fsp3) is 0. The first-order valence-electron chi connectivity index (χ1n) is 11.3. The molecular weight excluding hydrogens is 414 g/mol. The molecule has 0 spiro atoms. The zero-order valence-electron chi connectivity index (χ0n) is 18.5. The maximum atomic E-state index is 4.93. The minimum Gasteiger partial charge on any atom is -0.208 e. The van der Waals surface area contributed by atoms with Crippen LogP contribution in [0.4, 0.5) is 0 Å². The Kier molecular flexibility index (Phi) is 5.13. The smallest absolute Gasteiger partial charge is 0.164 e. The van der Waals surface area contributed by atoms with Crippen LogP contribution in [-0.4, -0.2) is 15.0 Å². The molecular formula is C31H21N3. The predicted molar refractivity (Wildman–Crippen MR) is 139 cm³/mol. The molecule has 34 heavy (non-hydrogen) atoms. The molecule has 3 heteroatoms. The van der Waals surface area contributed by atoms with Crippen LogP contribution in [0.15, 0.2) is 127 Å². The number of hydrogen-bond donors (Lipinski definition) is 0. The summed E-state index contributed by atoms with van der Waals surface area (Å²) >= 11 is 0. The Morgan fingerprint density at radius 2 is 0.706 bits per heavy atom. The minimum atomic E-state index is 0.667. The molecule has 0 saturated heterocycles. The zero-order chi connectivity index (χ0) is 22.7. The van der Waals surface area contributed by atoms with E-state index in [1.807, 2.05) is 66.7 Å². The van der Waals surface area contributed by atoms with Crippen LogP contribution in [0.25, 0.3) is 56.1 Å². The van der Waals surface area contributed by atoms with Crippen molar-refractivity contribution >= 4 is 10.8 Å². The standard InChI is InChI=1S/C31H21N3/c1-4-12-22(13-5-1)25-18-10-20-27-26(25)19-11-21-28(27)31-33-29(23-14-6-2-7-15-23)32-30(34-31)24-16-8-3-9-17-24/h1-21H. The molecule has 0 aliphatic rings. The molecule has 0 aliphatic heterocycles. The van der Waals surface area contributed by atoms with Crippen LogP contribution in [0, 0.1) is 0 Å². The molecule has 0 radical (unpaired) electrons. The molecule has 6 aromatic rings. The number of nitrogens with zero attached hydrogens (tertiary/aromatic N) is 3. The SMILES string of the molecule is c1ccc(-c2nc(-c3ccccc3)nc(-c3cccc4c(-c5ccccc5)cccc34)n2)cc1. The molecule has 0 amide bonds. The topological polar surface area (TPSA) is 38.7 Å². The van der Waals surface area contributed by atoms with Crippen LogP contribution in [-0.2, 0) is 0 Å². The first kappa shape index (κ1) is 20.0. The molecule has 1 aromatic heterocycles. The number of rotatable bonds is 4. The van der Waals surface area contributed by atoms with Crippen LogP contribution < -0.4 is 0 Å². The van der Waals surface area contributed by atoms with E-state index in [0.29, 0.717) is 17.5 Å². The summed E-state index contributed by atoms with van der Waals surface area (Å²) in [5.41, 5.74) is 5.31. The lowest BCUT2D eigenvalue weighted by molar-refractivity contribution is 1.08. The Morgan fingerprint density at radius 3 is 1.24 bits per heavy atom. The third kappa shape index (κ3) is 3.74. The van der Waals surface area contributed by atoms with Gasteiger partial charge in [-0.1, -0.05) is 127 Å². The summed E-state index contributed by atoms with van der Waals surface area (Å²) in [6, 6.07) is 43.4. The highest BCUT2D eigenvalue weighted by Crippen LogP contribution is 2.34. The number of hydrogen-bond acceptors (Lipinski definition) is 3. The Hall–Kier alpha value is -4.63. The van der Waals surface area contributed by atoms with Gasteiger partial charge in [-0.25, -0.2) is 15.0 Å². The van der Waals surface area contributed by atoms with Crippen molar-refractivity contribution in [2.24, 2.45) is 0 Å². The van der Waals surface area contributed by atoms with Gasteiger partial charge in [0, 0.05) is 16.7 Å². The lowest BCUT2D eigenvalue weighted by Gasteiger charge is -2.12.